The minimum atomic E-state index is -1.05. The van der Waals surface area contributed by atoms with Crippen molar-refractivity contribution in [3.63, 3.8) is 0 Å². The molecule has 1 aliphatic heterocycles. The summed E-state index contributed by atoms with van der Waals surface area (Å²) >= 11 is 0. The van der Waals surface area contributed by atoms with Crippen LogP contribution in [0.15, 0.2) is 0 Å². The summed E-state index contributed by atoms with van der Waals surface area (Å²) < 4.78 is 11.0. The van der Waals surface area contributed by atoms with Gasteiger partial charge >= 0.3 is 0 Å². The van der Waals surface area contributed by atoms with Crippen LogP contribution in [0.25, 0.3) is 0 Å². The van der Waals surface area contributed by atoms with Gasteiger partial charge < -0.3 is 14.3 Å². The van der Waals surface area contributed by atoms with E-state index in [9.17, 15) is 9.59 Å². The van der Waals surface area contributed by atoms with Crippen molar-refractivity contribution in [1.29, 1.82) is 0 Å². The Bertz CT molecular complexity index is 272. The second-order valence-electron chi connectivity index (χ2n) is 4.60. The van der Waals surface area contributed by atoms with Crippen LogP contribution in [0.5, 0.6) is 0 Å². The Morgan fingerprint density at radius 3 is 2.53 bits per heavy atom. The fraction of sp³-hybridized carbons (Fsp3) is 0.818. The molecule has 2 unspecified atom stereocenters. The molecule has 1 heterocycles. The van der Waals surface area contributed by atoms with Gasteiger partial charge in [-0.1, -0.05) is 0 Å². The van der Waals surface area contributed by atoms with Crippen LogP contribution in [0, 0.1) is 5.41 Å². The summed E-state index contributed by atoms with van der Waals surface area (Å²) in [5.74, 6) is -0.886. The van der Waals surface area contributed by atoms with Crippen LogP contribution in [-0.4, -0.2) is 30.6 Å². The predicted molar refractivity (Wildman–Crippen MR) is 54.4 cm³/mol. The van der Waals surface area contributed by atoms with E-state index in [1.807, 2.05) is 0 Å². The minimum absolute atomic E-state index is 0.166. The molecule has 0 N–H and O–H groups in total. The van der Waals surface area contributed by atoms with Crippen LogP contribution in [0.4, 0.5) is 0 Å². The molecule has 1 fully saturated rings. The van der Waals surface area contributed by atoms with Gasteiger partial charge in [0, 0.05) is 0 Å². The molecule has 1 aliphatic rings. The highest BCUT2D eigenvalue weighted by molar-refractivity contribution is 5.96. The van der Waals surface area contributed by atoms with Gasteiger partial charge in [-0.15, -0.1) is 0 Å². The van der Waals surface area contributed by atoms with E-state index in [2.05, 4.69) is 0 Å². The molecule has 2 atom stereocenters. The Labute approximate surface area is 89.9 Å². The lowest BCUT2D eigenvalue weighted by Gasteiger charge is -2.41. The van der Waals surface area contributed by atoms with Crippen LogP contribution in [0.1, 0.15) is 34.1 Å². The Hall–Kier alpha value is -0.740. The SMILES string of the molecule is CC(=O)C(C)(C=O)C1CCOC(C)(C)O1. The smallest absolute Gasteiger partial charge is 0.163 e. The molecule has 0 bridgehead atoms. The third kappa shape index (κ3) is 2.44. The molecule has 0 spiro atoms. The maximum Gasteiger partial charge on any atom is 0.163 e. The molecule has 1 saturated heterocycles. The molecule has 0 aromatic rings. The molecule has 0 aliphatic carbocycles. The first-order valence-corrected chi connectivity index (χ1v) is 5.11. The number of Topliss-reactive ketones (excluding diaryl/α,β-unsaturated/α-hetero) is 1. The lowest BCUT2D eigenvalue weighted by Crippen LogP contribution is -2.50. The molecular weight excluding hydrogens is 196 g/mol. The van der Waals surface area contributed by atoms with E-state index in [1.165, 1.54) is 6.92 Å². The lowest BCUT2D eigenvalue weighted by molar-refractivity contribution is -0.286. The number of rotatable bonds is 3. The van der Waals surface area contributed by atoms with E-state index in [0.29, 0.717) is 19.3 Å². The molecule has 15 heavy (non-hydrogen) atoms. The average molecular weight is 214 g/mol. The van der Waals surface area contributed by atoms with Crippen molar-refractivity contribution in [1.82, 2.24) is 0 Å². The van der Waals surface area contributed by atoms with Crippen molar-refractivity contribution in [2.75, 3.05) is 6.61 Å². The zero-order valence-electron chi connectivity index (χ0n) is 9.70. The van der Waals surface area contributed by atoms with Gasteiger partial charge in [-0.3, -0.25) is 4.79 Å². The largest absolute Gasteiger partial charge is 0.350 e. The average Bonchev–Trinajstić information content (AvgIpc) is 2.14. The van der Waals surface area contributed by atoms with E-state index in [0.717, 1.165) is 0 Å². The number of aldehydes is 1. The number of ketones is 1. The summed E-state index contributed by atoms with van der Waals surface area (Å²) in [5, 5.41) is 0. The molecule has 4 nitrogen and oxygen atoms in total. The van der Waals surface area contributed by atoms with Gasteiger partial charge in [0.1, 0.15) is 17.5 Å². The first kappa shape index (κ1) is 12.3. The van der Waals surface area contributed by atoms with Gasteiger partial charge in [0.15, 0.2) is 5.79 Å². The third-order valence-corrected chi connectivity index (χ3v) is 2.93. The first-order valence-electron chi connectivity index (χ1n) is 5.11. The van der Waals surface area contributed by atoms with Crippen molar-refractivity contribution in [2.24, 2.45) is 5.41 Å². The maximum absolute atomic E-state index is 11.5. The van der Waals surface area contributed by atoms with Crippen molar-refractivity contribution < 1.29 is 19.1 Å². The van der Waals surface area contributed by atoms with E-state index >= 15 is 0 Å². The number of hydrogen-bond donors (Lipinski definition) is 0. The number of ether oxygens (including phenoxy) is 2. The van der Waals surface area contributed by atoms with Gasteiger partial charge in [-0.25, -0.2) is 0 Å². The Morgan fingerprint density at radius 1 is 1.53 bits per heavy atom. The quantitative estimate of drug-likeness (QED) is 0.525. The van der Waals surface area contributed by atoms with Gasteiger partial charge in [0.25, 0.3) is 0 Å². The third-order valence-electron chi connectivity index (χ3n) is 2.93. The normalized spacial score (nSPS) is 29.2. The zero-order chi connectivity index (χ0) is 11.7. The maximum atomic E-state index is 11.5. The molecule has 0 saturated carbocycles. The highest BCUT2D eigenvalue weighted by Gasteiger charge is 2.44. The number of hydrogen-bond acceptors (Lipinski definition) is 4. The van der Waals surface area contributed by atoms with Gasteiger partial charge in [-0.05, 0) is 34.1 Å². The summed E-state index contributed by atoms with van der Waals surface area (Å²) in [6.07, 6.45) is 0.857. The van der Waals surface area contributed by atoms with E-state index in [1.54, 1.807) is 20.8 Å². The molecule has 1 rings (SSSR count). The molecule has 0 aromatic carbocycles. The summed E-state index contributed by atoms with van der Waals surface area (Å²) in [6.45, 7) is 7.11. The summed E-state index contributed by atoms with van der Waals surface area (Å²) in [5.41, 5.74) is -1.05. The Morgan fingerprint density at radius 2 is 2.13 bits per heavy atom. The van der Waals surface area contributed by atoms with Crippen molar-refractivity contribution in [3.8, 4) is 0 Å². The second-order valence-corrected chi connectivity index (χ2v) is 4.60. The standard InChI is InChI=1S/C11H18O4/c1-8(13)11(4,7-12)9-5-6-14-10(2,3)15-9/h7,9H,5-6H2,1-4H3. The lowest BCUT2D eigenvalue weighted by atomic mass is 9.80. The van der Waals surface area contributed by atoms with E-state index < -0.39 is 17.3 Å². The number of carbonyl (C=O) groups is 2. The number of carbonyl (C=O) groups excluding carboxylic acids is 2. The fourth-order valence-electron chi connectivity index (χ4n) is 1.66. The van der Waals surface area contributed by atoms with Gasteiger partial charge in [0.2, 0.25) is 0 Å². The summed E-state index contributed by atoms with van der Waals surface area (Å²) in [6, 6.07) is 0. The highest BCUT2D eigenvalue weighted by Crippen LogP contribution is 2.33. The van der Waals surface area contributed by atoms with Crippen LogP contribution in [0.2, 0.25) is 0 Å². The fourth-order valence-corrected chi connectivity index (χ4v) is 1.66. The van der Waals surface area contributed by atoms with Crippen LogP contribution >= 0.6 is 0 Å². The monoisotopic (exact) mass is 214 g/mol. The Balaban J connectivity index is 2.86. The van der Waals surface area contributed by atoms with Crippen molar-refractivity contribution in [2.45, 2.75) is 46.0 Å². The minimum Gasteiger partial charge on any atom is -0.350 e. The van der Waals surface area contributed by atoms with Crippen LogP contribution in [0.3, 0.4) is 0 Å². The molecule has 86 valence electrons. The Kier molecular flexibility index (Phi) is 3.31. The highest BCUT2D eigenvalue weighted by atomic mass is 16.7. The predicted octanol–water partition coefficient (Wildman–Crippen LogP) is 1.32. The molecule has 0 radical (unpaired) electrons. The van der Waals surface area contributed by atoms with E-state index in [4.69, 9.17) is 9.47 Å². The molecule has 0 amide bonds. The second kappa shape index (κ2) is 4.02. The van der Waals surface area contributed by atoms with E-state index in [-0.39, 0.29) is 5.78 Å². The van der Waals surface area contributed by atoms with Crippen molar-refractivity contribution in [3.05, 3.63) is 0 Å². The van der Waals surface area contributed by atoms with Crippen LogP contribution < -0.4 is 0 Å². The zero-order valence-corrected chi connectivity index (χ0v) is 9.70. The summed E-state index contributed by atoms with van der Waals surface area (Å²) in [4.78, 5) is 22.5. The summed E-state index contributed by atoms with van der Waals surface area (Å²) in [7, 11) is 0. The van der Waals surface area contributed by atoms with Crippen LogP contribution in [-0.2, 0) is 19.1 Å². The molecular formula is C11H18O4. The topological polar surface area (TPSA) is 52.6 Å². The molecule has 0 aromatic heterocycles. The van der Waals surface area contributed by atoms with Gasteiger partial charge in [0.05, 0.1) is 12.7 Å². The van der Waals surface area contributed by atoms with Gasteiger partial charge in [-0.2, -0.15) is 0 Å². The molecule has 4 heteroatoms. The first-order chi connectivity index (χ1) is 6.82. The van der Waals surface area contributed by atoms with Crippen molar-refractivity contribution >= 4 is 12.1 Å².